The van der Waals surface area contributed by atoms with Gasteiger partial charge in [0.1, 0.15) is 0 Å². The van der Waals surface area contributed by atoms with Crippen molar-refractivity contribution in [3.63, 3.8) is 0 Å². The Bertz CT molecular complexity index is 247. The van der Waals surface area contributed by atoms with E-state index in [1.807, 2.05) is 5.38 Å². The third-order valence-electron chi connectivity index (χ3n) is 1.43. The molecule has 0 saturated carbocycles. The van der Waals surface area contributed by atoms with E-state index in [4.69, 9.17) is 10.2 Å². The van der Waals surface area contributed by atoms with E-state index in [0.29, 0.717) is 0 Å². The van der Waals surface area contributed by atoms with Gasteiger partial charge in [0.25, 0.3) is 0 Å². The smallest absolute Gasteiger partial charge is 0.405 e. The highest BCUT2D eigenvalue weighted by Crippen LogP contribution is 2.15. The van der Waals surface area contributed by atoms with Crippen LogP contribution in [0.15, 0.2) is 16.8 Å². The number of hydrogen-bond donors (Lipinski definition) is 3. The van der Waals surface area contributed by atoms with Crippen molar-refractivity contribution in [1.82, 2.24) is 5.32 Å². The van der Waals surface area contributed by atoms with Crippen LogP contribution in [0.3, 0.4) is 0 Å². The zero-order valence-electron chi connectivity index (χ0n) is 6.23. The SMILES string of the molecule is O=C(O)N[C@H](CO)c1ccsc1. The molecule has 0 fully saturated rings. The summed E-state index contributed by atoms with van der Waals surface area (Å²) in [4.78, 5) is 10.2. The lowest BCUT2D eigenvalue weighted by Gasteiger charge is -2.11. The monoisotopic (exact) mass is 187 g/mol. The Labute approximate surface area is 73.5 Å². The highest BCUT2D eigenvalue weighted by molar-refractivity contribution is 7.07. The lowest BCUT2D eigenvalue weighted by Crippen LogP contribution is -2.28. The van der Waals surface area contributed by atoms with Crippen molar-refractivity contribution in [3.8, 4) is 0 Å². The number of nitrogens with one attached hydrogen (secondary N) is 1. The van der Waals surface area contributed by atoms with E-state index in [0.717, 1.165) is 5.56 Å². The van der Waals surface area contributed by atoms with Crippen molar-refractivity contribution in [2.45, 2.75) is 6.04 Å². The van der Waals surface area contributed by atoms with Crippen LogP contribution < -0.4 is 5.32 Å². The lowest BCUT2D eigenvalue weighted by atomic mass is 10.2. The number of aliphatic hydroxyl groups is 1. The van der Waals surface area contributed by atoms with Gasteiger partial charge in [-0.1, -0.05) is 0 Å². The maximum atomic E-state index is 10.2. The van der Waals surface area contributed by atoms with Crippen LogP contribution in [-0.4, -0.2) is 22.9 Å². The first-order valence-corrected chi connectivity index (χ1v) is 4.30. The Hall–Kier alpha value is -1.07. The third kappa shape index (κ3) is 2.21. The molecule has 3 N–H and O–H groups in total. The van der Waals surface area contributed by atoms with Gasteiger partial charge in [-0.15, -0.1) is 0 Å². The molecule has 0 aromatic carbocycles. The van der Waals surface area contributed by atoms with E-state index in [-0.39, 0.29) is 6.61 Å². The molecule has 0 aliphatic carbocycles. The zero-order valence-corrected chi connectivity index (χ0v) is 7.04. The van der Waals surface area contributed by atoms with Gasteiger partial charge in [-0.05, 0) is 22.4 Å². The van der Waals surface area contributed by atoms with Gasteiger partial charge in [0.2, 0.25) is 0 Å². The molecule has 12 heavy (non-hydrogen) atoms. The van der Waals surface area contributed by atoms with Crippen molar-refractivity contribution >= 4 is 17.4 Å². The maximum Gasteiger partial charge on any atom is 0.405 e. The fourth-order valence-electron chi connectivity index (χ4n) is 0.857. The largest absolute Gasteiger partial charge is 0.465 e. The summed E-state index contributed by atoms with van der Waals surface area (Å²) in [5.41, 5.74) is 0.796. The summed E-state index contributed by atoms with van der Waals surface area (Å²) >= 11 is 1.47. The van der Waals surface area contributed by atoms with Crippen LogP contribution in [0.4, 0.5) is 4.79 Å². The topological polar surface area (TPSA) is 69.6 Å². The van der Waals surface area contributed by atoms with Crippen LogP contribution in [0.5, 0.6) is 0 Å². The quantitative estimate of drug-likeness (QED) is 0.662. The Morgan fingerprint density at radius 2 is 2.50 bits per heavy atom. The molecule has 4 nitrogen and oxygen atoms in total. The molecular formula is C7H9NO3S. The minimum Gasteiger partial charge on any atom is -0.465 e. The standard InChI is InChI=1S/C7H9NO3S/c9-3-6(8-7(10)11)5-1-2-12-4-5/h1-2,4,6,8-9H,3H2,(H,10,11)/t6-/m1/s1. The third-order valence-corrected chi connectivity index (χ3v) is 2.13. The number of hydrogen-bond acceptors (Lipinski definition) is 3. The molecule has 1 aromatic heterocycles. The van der Waals surface area contributed by atoms with Gasteiger partial charge in [0, 0.05) is 0 Å². The molecule has 0 aliphatic rings. The van der Waals surface area contributed by atoms with Crippen LogP contribution in [0, 0.1) is 0 Å². The van der Waals surface area contributed by atoms with Crippen LogP contribution >= 0.6 is 11.3 Å². The second kappa shape index (κ2) is 4.08. The van der Waals surface area contributed by atoms with Gasteiger partial charge in [-0.3, -0.25) is 0 Å². The first-order chi connectivity index (χ1) is 5.74. The summed E-state index contributed by atoms with van der Waals surface area (Å²) in [5, 5.41) is 23.1. The van der Waals surface area contributed by atoms with Gasteiger partial charge in [-0.2, -0.15) is 11.3 Å². The predicted molar refractivity (Wildman–Crippen MR) is 45.3 cm³/mol. The summed E-state index contributed by atoms with van der Waals surface area (Å²) in [7, 11) is 0. The normalized spacial score (nSPS) is 12.4. The van der Waals surface area contributed by atoms with E-state index in [2.05, 4.69) is 5.32 Å². The van der Waals surface area contributed by atoms with Crippen molar-refractivity contribution in [3.05, 3.63) is 22.4 Å². The lowest BCUT2D eigenvalue weighted by molar-refractivity contribution is 0.178. The summed E-state index contributed by atoms with van der Waals surface area (Å²) in [6, 6.07) is 1.27. The van der Waals surface area contributed by atoms with Crippen molar-refractivity contribution in [2.75, 3.05) is 6.61 Å². The van der Waals surface area contributed by atoms with E-state index in [9.17, 15) is 4.79 Å². The molecule has 5 heteroatoms. The fourth-order valence-corrected chi connectivity index (χ4v) is 1.57. The van der Waals surface area contributed by atoms with Gasteiger partial charge in [0.15, 0.2) is 0 Å². The Morgan fingerprint density at radius 1 is 1.75 bits per heavy atom. The van der Waals surface area contributed by atoms with Gasteiger partial charge >= 0.3 is 6.09 Å². The average Bonchev–Trinajstić information content (AvgIpc) is 2.51. The average molecular weight is 187 g/mol. The van der Waals surface area contributed by atoms with Crippen LogP contribution in [-0.2, 0) is 0 Å². The fraction of sp³-hybridized carbons (Fsp3) is 0.286. The molecule has 1 aromatic rings. The van der Waals surface area contributed by atoms with Crippen molar-refractivity contribution < 1.29 is 15.0 Å². The molecule has 0 radical (unpaired) electrons. The Kier molecular flexibility index (Phi) is 3.07. The number of carboxylic acid groups (broad SMARTS) is 1. The van der Waals surface area contributed by atoms with Gasteiger partial charge in [-0.25, -0.2) is 4.79 Å². The summed E-state index contributed by atoms with van der Waals surface area (Å²) in [5.74, 6) is 0. The Balaban J connectivity index is 2.63. The molecular weight excluding hydrogens is 178 g/mol. The molecule has 1 rings (SSSR count). The molecule has 0 aliphatic heterocycles. The van der Waals surface area contributed by atoms with Crippen LogP contribution in [0.2, 0.25) is 0 Å². The van der Waals surface area contributed by atoms with E-state index < -0.39 is 12.1 Å². The minimum atomic E-state index is -1.12. The van der Waals surface area contributed by atoms with Crippen molar-refractivity contribution in [1.29, 1.82) is 0 Å². The molecule has 66 valence electrons. The van der Waals surface area contributed by atoms with Gasteiger partial charge < -0.3 is 15.5 Å². The first kappa shape index (κ1) is 9.02. The zero-order chi connectivity index (χ0) is 8.97. The predicted octanol–water partition coefficient (Wildman–Crippen LogP) is 1.05. The second-order valence-corrected chi connectivity index (χ2v) is 3.02. The minimum absolute atomic E-state index is 0.219. The van der Waals surface area contributed by atoms with E-state index in [1.165, 1.54) is 11.3 Å². The molecule has 0 spiro atoms. The molecule has 1 amide bonds. The second-order valence-electron chi connectivity index (χ2n) is 2.24. The molecule has 0 unspecified atom stereocenters. The van der Waals surface area contributed by atoms with Gasteiger partial charge in [0.05, 0.1) is 12.6 Å². The van der Waals surface area contributed by atoms with Crippen LogP contribution in [0.1, 0.15) is 11.6 Å². The molecule has 0 bridgehead atoms. The number of aliphatic hydroxyl groups excluding tert-OH is 1. The molecule has 1 atom stereocenters. The number of thiophene rings is 1. The van der Waals surface area contributed by atoms with E-state index >= 15 is 0 Å². The Morgan fingerprint density at radius 3 is 2.92 bits per heavy atom. The maximum absolute atomic E-state index is 10.2. The summed E-state index contributed by atoms with van der Waals surface area (Å²) < 4.78 is 0. The highest BCUT2D eigenvalue weighted by Gasteiger charge is 2.12. The van der Waals surface area contributed by atoms with Crippen molar-refractivity contribution in [2.24, 2.45) is 0 Å². The first-order valence-electron chi connectivity index (χ1n) is 3.36. The molecule has 0 saturated heterocycles. The number of carbonyl (C=O) groups is 1. The summed E-state index contributed by atoms with van der Waals surface area (Å²) in [6.45, 7) is -0.219. The summed E-state index contributed by atoms with van der Waals surface area (Å²) in [6.07, 6.45) is -1.12. The highest BCUT2D eigenvalue weighted by atomic mass is 32.1. The number of amides is 1. The number of rotatable bonds is 3. The molecule has 1 heterocycles. The van der Waals surface area contributed by atoms with Crippen LogP contribution in [0.25, 0.3) is 0 Å². The van der Waals surface area contributed by atoms with E-state index in [1.54, 1.807) is 11.4 Å².